The zero-order valence-corrected chi connectivity index (χ0v) is 9.32. The van der Waals surface area contributed by atoms with Gasteiger partial charge in [-0.2, -0.15) is 0 Å². The van der Waals surface area contributed by atoms with Crippen molar-refractivity contribution in [3.63, 3.8) is 0 Å². The molecule has 0 saturated heterocycles. The quantitative estimate of drug-likeness (QED) is 0.754. The second-order valence-corrected chi connectivity index (χ2v) is 3.57. The van der Waals surface area contributed by atoms with E-state index in [0.717, 1.165) is 5.76 Å². The fourth-order valence-corrected chi connectivity index (χ4v) is 1.28. The summed E-state index contributed by atoms with van der Waals surface area (Å²) in [6, 6.07) is 3.85. The first-order valence-corrected chi connectivity index (χ1v) is 4.99. The van der Waals surface area contributed by atoms with Gasteiger partial charge in [0.2, 0.25) is 0 Å². The predicted molar refractivity (Wildman–Crippen MR) is 56.3 cm³/mol. The van der Waals surface area contributed by atoms with Crippen molar-refractivity contribution in [3.05, 3.63) is 24.2 Å². The average Bonchev–Trinajstić information content (AvgIpc) is 2.77. The molecule has 4 nitrogen and oxygen atoms in total. The minimum Gasteiger partial charge on any atom is -0.469 e. The molecule has 0 spiro atoms. The average molecular weight is 211 g/mol. The van der Waals surface area contributed by atoms with E-state index in [1.807, 2.05) is 26.0 Å². The Hall–Kier alpha value is -1.29. The van der Waals surface area contributed by atoms with E-state index >= 15 is 0 Å². The number of esters is 1. The molecule has 0 aliphatic carbocycles. The number of ether oxygens (including phenoxy) is 1. The van der Waals surface area contributed by atoms with Crippen LogP contribution in [0.15, 0.2) is 22.8 Å². The molecule has 4 heteroatoms. The van der Waals surface area contributed by atoms with Gasteiger partial charge in [-0.1, -0.05) is 6.92 Å². The molecule has 84 valence electrons. The highest BCUT2D eigenvalue weighted by molar-refractivity contribution is 5.72. The van der Waals surface area contributed by atoms with Crippen LogP contribution in [0.5, 0.6) is 0 Å². The third-order valence-corrected chi connectivity index (χ3v) is 2.30. The summed E-state index contributed by atoms with van der Waals surface area (Å²) in [6.45, 7) is 4.39. The molecule has 1 aromatic heterocycles. The Labute approximate surface area is 89.6 Å². The van der Waals surface area contributed by atoms with E-state index in [0.29, 0.717) is 6.54 Å². The molecule has 1 rings (SSSR count). The van der Waals surface area contributed by atoms with Gasteiger partial charge in [-0.05, 0) is 19.1 Å². The molecule has 0 amide bonds. The van der Waals surface area contributed by atoms with Crippen molar-refractivity contribution in [2.24, 2.45) is 5.92 Å². The molecule has 0 fully saturated rings. The van der Waals surface area contributed by atoms with Crippen LogP contribution in [0.2, 0.25) is 0 Å². The van der Waals surface area contributed by atoms with E-state index in [4.69, 9.17) is 4.42 Å². The lowest BCUT2D eigenvalue weighted by Gasteiger charge is -2.14. The number of nitrogens with one attached hydrogen (secondary N) is 1. The summed E-state index contributed by atoms with van der Waals surface area (Å²) < 4.78 is 9.87. The lowest BCUT2D eigenvalue weighted by atomic mass is 10.1. The monoisotopic (exact) mass is 211 g/mol. The number of hydrogen-bond acceptors (Lipinski definition) is 4. The number of carbonyl (C=O) groups excluding carboxylic acids is 1. The molecule has 0 saturated carbocycles. The van der Waals surface area contributed by atoms with E-state index in [1.165, 1.54) is 7.11 Å². The fraction of sp³-hybridized carbons (Fsp3) is 0.545. The van der Waals surface area contributed by atoms with Gasteiger partial charge in [0.15, 0.2) is 0 Å². The molecular formula is C11H17NO3. The summed E-state index contributed by atoms with van der Waals surface area (Å²) in [6.07, 6.45) is 1.64. The summed E-state index contributed by atoms with van der Waals surface area (Å²) in [5, 5.41) is 3.21. The van der Waals surface area contributed by atoms with Crippen LogP contribution in [0.4, 0.5) is 0 Å². The highest BCUT2D eigenvalue weighted by atomic mass is 16.5. The van der Waals surface area contributed by atoms with Gasteiger partial charge in [0.1, 0.15) is 5.76 Å². The minimum absolute atomic E-state index is 0.104. The normalized spacial score (nSPS) is 14.6. The first-order chi connectivity index (χ1) is 7.15. The molecule has 0 bridgehead atoms. The molecule has 0 radical (unpaired) electrons. The maximum atomic E-state index is 11.1. The topological polar surface area (TPSA) is 51.5 Å². The van der Waals surface area contributed by atoms with Crippen molar-refractivity contribution in [1.82, 2.24) is 5.32 Å². The van der Waals surface area contributed by atoms with Crippen LogP contribution < -0.4 is 5.32 Å². The molecular weight excluding hydrogens is 194 g/mol. The maximum absolute atomic E-state index is 11.1. The number of carbonyl (C=O) groups is 1. The Bertz CT molecular complexity index is 295. The molecule has 0 aliphatic heterocycles. The lowest BCUT2D eigenvalue weighted by Crippen LogP contribution is -2.29. The lowest BCUT2D eigenvalue weighted by molar-refractivity contribution is -0.144. The number of hydrogen-bond donors (Lipinski definition) is 1. The second kappa shape index (κ2) is 5.56. The van der Waals surface area contributed by atoms with E-state index < -0.39 is 0 Å². The zero-order valence-electron chi connectivity index (χ0n) is 9.32. The Morgan fingerprint density at radius 3 is 2.87 bits per heavy atom. The predicted octanol–water partition coefficient (Wildman–Crippen LogP) is 1.74. The van der Waals surface area contributed by atoms with Crippen LogP contribution in [0, 0.1) is 5.92 Å². The van der Waals surface area contributed by atoms with Gasteiger partial charge in [0.05, 0.1) is 25.3 Å². The second-order valence-electron chi connectivity index (χ2n) is 3.57. The van der Waals surface area contributed by atoms with Gasteiger partial charge in [-0.3, -0.25) is 4.79 Å². The first kappa shape index (κ1) is 11.8. The third kappa shape index (κ3) is 3.40. The summed E-state index contributed by atoms with van der Waals surface area (Å²) in [5.41, 5.74) is 0. The Morgan fingerprint density at radius 1 is 1.60 bits per heavy atom. The summed E-state index contributed by atoms with van der Waals surface area (Å²) >= 11 is 0. The third-order valence-electron chi connectivity index (χ3n) is 2.30. The van der Waals surface area contributed by atoms with E-state index in [1.54, 1.807) is 6.26 Å². The van der Waals surface area contributed by atoms with Crippen molar-refractivity contribution in [2.45, 2.75) is 19.9 Å². The van der Waals surface area contributed by atoms with Crippen molar-refractivity contribution in [2.75, 3.05) is 13.7 Å². The summed E-state index contributed by atoms with van der Waals surface area (Å²) in [7, 11) is 1.40. The van der Waals surface area contributed by atoms with Gasteiger partial charge >= 0.3 is 5.97 Å². The molecule has 0 aromatic carbocycles. The zero-order chi connectivity index (χ0) is 11.3. The van der Waals surface area contributed by atoms with Crippen molar-refractivity contribution in [3.8, 4) is 0 Å². The van der Waals surface area contributed by atoms with Gasteiger partial charge in [-0.25, -0.2) is 0 Å². The van der Waals surface area contributed by atoms with Crippen LogP contribution in [0.1, 0.15) is 25.6 Å². The van der Waals surface area contributed by atoms with E-state index in [-0.39, 0.29) is 17.9 Å². The van der Waals surface area contributed by atoms with Gasteiger partial charge in [0, 0.05) is 6.54 Å². The van der Waals surface area contributed by atoms with Crippen molar-refractivity contribution >= 4 is 5.97 Å². The molecule has 2 atom stereocenters. The molecule has 15 heavy (non-hydrogen) atoms. The van der Waals surface area contributed by atoms with Gasteiger partial charge in [-0.15, -0.1) is 0 Å². The molecule has 1 N–H and O–H groups in total. The first-order valence-electron chi connectivity index (χ1n) is 4.99. The van der Waals surface area contributed by atoms with Crippen LogP contribution >= 0.6 is 0 Å². The number of rotatable bonds is 5. The van der Waals surface area contributed by atoms with Crippen LogP contribution in [0.3, 0.4) is 0 Å². The number of furan rings is 1. The molecule has 1 heterocycles. The largest absolute Gasteiger partial charge is 0.469 e. The smallest absolute Gasteiger partial charge is 0.309 e. The summed E-state index contributed by atoms with van der Waals surface area (Å²) in [4.78, 5) is 11.1. The minimum atomic E-state index is -0.200. The van der Waals surface area contributed by atoms with Crippen molar-refractivity contribution in [1.29, 1.82) is 0 Å². The maximum Gasteiger partial charge on any atom is 0.309 e. The van der Waals surface area contributed by atoms with Gasteiger partial charge in [0.25, 0.3) is 0 Å². The fourth-order valence-electron chi connectivity index (χ4n) is 1.28. The molecule has 1 unspecified atom stereocenters. The van der Waals surface area contributed by atoms with E-state index in [9.17, 15) is 4.79 Å². The highest BCUT2D eigenvalue weighted by Gasteiger charge is 2.15. The molecule has 0 aliphatic rings. The Balaban J connectivity index is 2.34. The Kier molecular flexibility index (Phi) is 4.37. The Morgan fingerprint density at radius 2 is 2.33 bits per heavy atom. The van der Waals surface area contributed by atoms with E-state index in [2.05, 4.69) is 10.1 Å². The van der Waals surface area contributed by atoms with Crippen LogP contribution in [0.25, 0.3) is 0 Å². The summed E-state index contributed by atoms with van der Waals surface area (Å²) in [5.74, 6) is 0.522. The number of methoxy groups -OCH3 is 1. The molecule has 1 aromatic rings. The van der Waals surface area contributed by atoms with Crippen molar-refractivity contribution < 1.29 is 13.9 Å². The van der Waals surface area contributed by atoms with Gasteiger partial charge < -0.3 is 14.5 Å². The van der Waals surface area contributed by atoms with Crippen LogP contribution in [-0.2, 0) is 9.53 Å². The standard InChI is InChI=1S/C11H17NO3/c1-8(11(13)14-3)7-12-9(2)10-5-4-6-15-10/h4-6,8-9,12H,7H2,1-3H3/t8?,9-/m0/s1. The van der Waals surface area contributed by atoms with Crippen LogP contribution in [-0.4, -0.2) is 19.6 Å². The highest BCUT2D eigenvalue weighted by Crippen LogP contribution is 2.12. The SMILES string of the molecule is COC(=O)C(C)CN[C@@H](C)c1ccco1.